The first kappa shape index (κ1) is 10.7. The van der Waals surface area contributed by atoms with Crippen LogP contribution in [0.25, 0.3) is 0 Å². The topological polar surface area (TPSA) is 8.81 Å². The smallest absolute Gasteiger partial charge is 0.240 e. The Morgan fingerprint density at radius 1 is 1.45 bits per heavy atom. The molecule has 0 bridgehead atoms. The Hall–Kier alpha value is -0.271. The molecule has 0 spiro atoms. The third kappa shape index (κ3) is 3.59. The first-order valence-corrected chi connectivity index (χ1v) is 3.84. The number of aromatic nitrogens is 2. The van der Waals surface area contributed by atoms with Crippen LogP contribution in [0.5, 0.6) is 0 Å². The molecule has 0 unspecified atom stereocenters. The molecule has 1 heterocycles. The van der Waals surface area contributed by atoms with Crippen LogP contribution in [0.15, 0.2) is 18.7 Å². The van der Waals surface area contributed by atoms with Crippen molar-refractivity contribution in [2.75, 3.05) is 0 Å². The van der Waals surface area contributed by atoms with Crippen molar-refractivity contribution in [2.45, 2.75) is 26.3 Å². The predicted molar refractivity (Wildman–Crippen MR) is 40.5 cm³/mol. The third-order valence-corrected chi connectivity index (χ3v) is 1.59. The molecule has 0 fully saturated rings. The summed E-state index contributed by atoms with van der Waals surface area (Å²) in [4.78, 5) is 0. The number of hydrogen-bond acceptors (Lipinski definition) is 0. The minimum atomic E-state index is 0. The molecular weight excluding hydrogens is 180 g/mol. The van der Waals surface area contributed by atoms with E-state index in [1.165, 1.54) is 12.8 Å². The summed E-state index contributed by atoms with van der Waals surface area (Å²) in [7, 11) is 2.04. The molecule has 0 atom stereocenters. The van der Waals surface area contributed by atoms with Gasteiger partial charge < -0.3 is 0 Å². The second-order valence-corrected chi connectivity index (χ2v) is 2.67. The molecule has 0 aliphatic heterocycles. The van der Waals surface area contributed by atoms with E-state index < -0.39 is 0 Å². The average molecular weight is 195 g/mol. The Bertz CT molecular complexity index is 196. The van der Waals surface area contributed by atoms with Crippen LogP contribution < -0.4 is 4.57 Å². The Labute approximate surface area is 78.7 Å². The molecule has 0 aromatic carbocycles. The Morgan fingerprint density at radius 3 is 2.64 bits per heavy atom. The van der Waals surface area contributed by atoms with E-state index in [-0.39, 0.29) is 17.1 Å². The average Bonchev–Trinajstić information content (AvgIpc) is 2.31. The fourth-order valence-electron chi connectivity index (χ4n) is 0.975. The largest absolute Gasteiger partial charge is 2.00 e. The van der Waals surface area contributed by atoms with Crippen LogP contribution in [0.1, 0.15) is 19.8 Å². The minimum Gasteiger partial charge on any atom is -0.240 e. The SMILES string of the molecule is CCCCn1cc[n+](C)c1.[Fe+2]. The maximum atomic E-state index is 2.21. The van der Waals surface area contributed by atoms with Crippen LogP contribution in [0.4, 0.5) is 0 Å². The normalized spacial score (nSPS) is 9.27. The van der Waals surface area contributed by atoms with Gasteiger partial charge in [-0.2, -0.15) is 0 Å². The third-order valence-electron chi connectivity index (χ3n) is 1.59. The molecule has 0 amide bonds. The van der Waals surface area contributed by atoms with Gasteiger partial charge in [-0.05, 0) is 6.42 Å². The van der Waals surface area contributed by atoms with Gasteiger partial charge in [-0.15, -0.1) is 0 Å². The molecule has 3 heteroatoms. The zero-order valence-corrected chi connectivity index (χ0v) is 8.21. The summed E-state index contributed by atoms with van der Waals surface area (Å²) in [5.74, 6) is 0. The van der Waals surface area contributed by atoms with Gasteiger partial charge in [0.25, 0.3) is 0 Å². The van der Waals surface area contributed by atoms with Crippen LogP contribution in [0.3, 0.4) is 0 Å². The van der Waals surface area contributed by atoms with Gasteiger partial charge in [0.05, 0.1) is 13.6 Å². The van der Waals surface area contributed by atoms with Crippen molar-refractivity contribution in [3.05, 3.63) is 18.7 Å². The van der Waals surface area contributed by atoms with Gasteiger partial charge in [0.2, 0.25) is 6.33 Å². The maximum absolute atomic E-state index is 2.21. The van der Waals surface area contributed by atoms with Crippen molar-refractivity contribution in [3.8, 4) is 0 Å². The van der Waals surface area contributed by atoms with E-state index in [1.54, 1.807) is 0 Å². The Balaban J connectivity index is 0.000001000. The van der Waals surface area contributed by atoms with Crippen LogP contribution in [0, 0.1) is 0 Å². The molecule has 11 heavy (non-hydrogen) atoms. The monoisotopic (exact) mass is 195 g/mol. The van der Waals surface area contributed by atoms with Gasteiger partial charge in [-0.1, -0.05) is 13.3 Å². The minimum absolute atomic E-state index is 0. The molecule has 0 N–H and O–H groups in total. The molecule has 0 radical (unpaired) electrons. The van der Waals surface area contributed by atoms with Gasteiger partial charge in [0.15, 0.2) is 0 Å². The fraction of sp³-hybridized carbons (Fsp3) is 0.625. The molecule has 1 aromatic rings. The zero-order chi connectivity index (χ0) is 7.40. The van der Waals surface area contributed by atoms with Gasteiger partial charge in [0, 0.05) is 0 Å². The van der Waals surface area contributed by atoms with Crippen molar-refractivity contribution in [1.82, 2.24) is 4.57 Å². The number of imidazole rings is 1. The van der Waals surface area contributed by atoms with E-state index in [9.17, 15) is 0 Å². The van der Waals surface area contributed by atoms with E-state index >= 15 is 0 Å². The van der Waals surface area contributed by atoms with Crippen LogP contribution in [-0.4, -0.2) is 4.57 Å². The number of nitrogens with zero attached hydrogens (tertiary/aromatic N) is 2. The van der Waals surface area contributed by atoms with Gasteiger partial charge in [-0.25, -0.2) is 9.13 Å². The first-order valence-electron chi connectivity index (χ1n) is 3.84. The fourth-order valence-corrected chi connectivity index (χ4v) is 0.975. The van der Waals surface area contributed by atoms with Gasteiger partial charge in [0.1, 0.15) is 12.4 Å². The molecule has 1 rings (SSSR count). The number of rotatable bonds is 3. The molecule has 2 nitrogen and oxygen atoms in total. The Morgan fingerprint density at radius 2 is 2.18 bits per heavy atom. The standard InChI is InChI=1S/C8H15N2.Fe/c1-3-4-5-10-7-6-9(2)8-10;/h6-8H,3-5H2,1-2H3;/q+1;+2. The summed E-state index contributed by atoms with van der Waals surface area (Å²) in [6.45, 7) is 3.36. The number of hydrogen-bond donors (Lipinski definition) is 0. The number of aryl methyl sites for hydroxylation is 2. The molecule has 0 aliphatic carbocycles. The van der Waals surface area contributed by atoms with Crippen molar-refractivity contribution in [3.63, 3.8) is 0 Å². The Kier molecular flexibility index (Phi) is 5.26. The summed E-state index contributed by atoms with van der Waals surface area (Å²) in [5, 5.41) is 0. The maximum Gasteiger partial charge on any atom is 2.00 e. The summed E-state index contributed by atoms with van der Waals surface area (Å²) in [5.41, 5.74) is 0. The molecular formula is C8H15FeN2+3. The van der Waals surface area contributed by atoms with Crippen LogP contribution in [-0.2, 0) is 30.7 Å². The van der Waals surface area contributed by atoms with Crippen molar-refractivity contribution in [1.29, 1.82) is 0 Å². The second kappa shape index (κ2) is 5.39. The predicted octanol–water partition coefficient (Wildman–Crippen LogP) is 1.11. The van der Waals surface area contributed by atoms with E-state index in [1.807, 2.05) is 7.05 Å². The summed E-state index contributed by atoms with van der Waals surface area (Å²) >= 11 is 0. The summed E-state index contributed by atoms with van der Waals surface area (Å²) in [6, 6.07) is 0. The summed E-state index contributed by atoms with van der Waals surface area (Å²) < 4.78 is 4.28. The quantitative estimate of drug-likeness (QED) is 0.504. The zero-order valence-electron chi connectivity index (χ0n) is 7.10. The molecule has 1 aromatic heterocycles. The van der Waals surface area contributed by atoms with Gasteiger partial charge in [-0.3, -0.25) is 0 Å². The van der Waals surface area contributed by atoms with Crippen molar-refractivity contribution in [2.24, 2.45) is 7.05 Å². The van der Waals surface area contributed by atoms with Gasteiger partial charge >= 0.3 is 17.1 Å². The van der Waals surface area contributed by atoms with Crippen molar-refractivity contribution >= 4 is 0 Å². The van der Waals surface area contributed by atoms with Crippen LogP contribution >= 0.6 is 0 Å². The molecule has 0 saturated carbocycles. The van der Waals surface area contributed by atoms with Crippen LogP contribution in [0.2, 0.25) is 0 Å². The second-order valence-electron chi connectivity index (χ2n) is 2.67. The number of unbranched alkanes of at least 4 members (excludes halogenated alkanes) is 1. The van der Waals surface area contributed by atoms with E-state index in [0.717, 1.165) is 6.54 Å². The van der Waals surface area contributed by atoms with E-state index in [2.05, 4.69) is 34.8 Å². The van der Waals surface area contributed by atoms with E-state index in [0.29, 0.717) is 0 Å². The van der Waals surface area contributed by atoms with E-state index in [4.69, 9.17) is 0 Å². The summed E-state index contributed by atoms with van der Waals surface area (Å²) in [6.07, 6.45) is 8.82. The first-order chi connectivity index (χ1) is 4.83. The van der Waals surface area contributed by atoms with Crippen molar-refractivity contribution < 1.29 is 21.6 Å². The molecule has 0 saturated heterocycles. The molecule has 62 valence electrons. The molecule has 0 aliphatic rings.